The highest BCUT2D eigenvalue weighted by atomic mass is 16.3. The SMILES string of the molecule is CN=C(N=C(N)C1=CC=CCC1)C1=CC(C2C=CCCCC2)Cc2oc3c(c21)C=CCC3. The second-order valence-corrected chi connectivity index (χ2v) is 9.21. The van der Waals surface area contributed by atoms with Crippen molar-refractivity contribution in [2.45, 2.75) is 57.8 Å². The number of amidine groups is 2. The average molecular weight is 428 g/mol. The largest absolute Gasteiger partial charge is 0.465 e. The fraction of sp³-hybridized carbons (Fsp3) is 0.429. The zero-order chi connectivity index (χ0) is 21.9. The van der Waals surface area contributed by atoms with Crippen LogP contribution in [-0.2, 0) is 12.8 Å². The summed E-state index contributed by atoms with van der Waals surface area (Å²) in [5.41, 5.74) is 11.0. The molecule has 5 rings (SSSR count). The Morgan fingerprint density at radius 1 is 1.03 bits per heavy atom. The van der Waals surface area contributed by atoms with Crippen molar-refractivity contribution in [2.24, 2.45) is 27.6 Å². The summed E-state index contributed by atoms with van der Waals surface area (Å²) in [4.78, 5) is 9.48. The lowest BCUT2D eigenvalue weighted by Crippen LogP contribution is -2.22. The molecule has 2 atom stereocenters. The van der Waals surface area contributed by atoms with E-state index in [9.17, 15) is 0 Å². The molecule has 0 spiro atoms. The summed E-state index contributed by atoms with van der Waals surface area (Å²) in [6.07, 6.45) is 27.8. The van der Waals surface area contributed by atoms with Crippen LogP contribution in [-0.4, -0.2) is 18.7 Å². The Labute approximate surface area is 191 Å². The molecule has 2 unspecified atom stereocenters. The monoisotopic (exact) mass is 427 g/mol. The minimum atomic E-state index is 0.397. The average Bonchev–Trinajstić information content (AvgIpc) is 3.00. The highest BCUT2D eigenvalue weighted by molar-refractivity contribution is 6.28. The standard InChI is InChI=1S/C28H33N3O/c1-30-28(31-27(29)20-13-7-4-8-14-20)23-17-21(19-11-5-2-3-6-12-19)18-25-26(23)22-15-9-10-16-24(22)32-25/h4-5,7,9,11,13,15,17,19,21H,2-3,6,8,10,12,14,16,18H2,1H3,(H2,29,30,31). The van der Waals surface area contributed by atoms with Crippen molar-refractivity contribution in [3.8, 4) is 0 Å². The van der Waals surface area contributed by atoms with E-state index in [4.69, 9.17) is 15.1 Å². The van der Waals surface area contributed by atoms with Crippen LogP contribution in [0.4, 0.5) is 0 Å². The summed E-state index contributed by atoms with van der Waals surface area (Å²) in [6.45, 7) is 0. The molecule has 1 aromatic heterocycles. The van der Waals surface area contributed by atoms with Gasteiger partial charge in [0.05, 0.1) is 0 Å². The molecule has 0 saturated carbocycles. The minimum Gasteiger partial charge on any atom is -0.465 e. The molecular weight excluding hydrogens is 394 g/mol. The van der Waals surface area contributed by atoms with Crippen LogP contribution in [0, 0.1) is 11.8 Å². The van der Waals surface area contributed by atoms with Gasteiger partial charge in [-0.2, -0.15) is 0 Å². The van der Waals surface area contributed by atoms with E-state index in [1.54, 1.807) is 0 Å². The Bertz CT molecular complexity index is 1090. The van der Waals surface area contributed by atoms with Crippen LogP contribution in [0.15, 0.2) is 62.5 Å². The van der Waals surface area contributed by atoms with Gasteiger partial charge < -0.3 is 10.2 Å². The number of nitrogens with zero attached hydrogens (tertiary/aromatic N) is 2. The molecule has 0 bridgehead atoms. The molecule has 0 fully saturated rings. The Kier molecular flexibility index (Phi) is 6.11. The minimum absolute atomic E-state index is 0.397. The third-order valence-electron chi connectivity index (χ3n) is 7.10. The van der Waals surface area contributed by atoms with Gasteiger partial charge in [-0.3, -0.25) is 4.99 Å². The third-order valence-corrected chi connectivity index (χ3v) is 7.10. The fourth-order valence-corrected chi connectivity index (χ4v) is 5.39. The van der Waals surface area contributed by atoms with Crippen molar-refractivity contribution in [3.63, 3.8) is 0 Å². The molecule has 4 heteroatoms. The predicted molar refractivity (Wildman–Crippen MR) is 134 cm³/mol. The first-order valence-electron chi connectivity index (χ1n) is 12.1. The smallest absolute Gasteiger partial charge is 0.157 e. The van der Waals surface area contributed by atoms with Gasteiger partial charge in [0.15, 0.2) is 5.84 Å². The van der Waals surface area contributed by atoms with Gasteiger partial charge in [0, 0.05) is 36.6 Å². The zero-order valence-electron chi connectivity index (χ0n) is 19.0. The van der Waals surface area contributed by atoms with Crippen LogP contribution in [0.2, 0.25) is 0 Å². The molecule has 0 amide bonds. The Balaban J connectivity index is 1.58. The molecule has 0 aliphatic heterocycles. The number of aryl methyl sites for hydroxylation is 1. The number of furan rings is 1. The number of rotatable bonds is 3. The first kappa shape index (κ1) is 21.0. The normalized spacial score (nSPS) is 25.7. The lowest BCUT2D eigenvalue weighted by molar-refractivity contribution is 0.381. The van der Waals surface area contributed by atoms with E-state index in [1.807, 2.05) is 7.05 Å². The molecule has 4 nitrogen and oxygen atoms in total. The van der Waals surface area contributed by atoms with Crippen LogP contribution in [0.1, 0.15) is 67.6 Å². The maximum atomic E-state index is 6.46. The van der Waals surface area contributed by atoms with Gasteiger partial charge in [-0.05, 0) is 55.9 Å². The van der Waals surface area contributed by atoms with Gasteiger partial charge in [0.25, 0.3) is 0 Å². The summed E-state index contributed by atoms with van der Waals surface area (Å²) >= 11 is 0. The first-order chi connectivity index (χ1) is 15.7. The molecule has 1 aromatic rings. The molecular formula is C28H33N3O. The maximum absolute atomic E-state index is 6.46. The number of nitrogens with two attached hydrogens (primary N) is 1. The van der Waals surface area contributed by atoms with Crippen LogP contribution in [0.5, 0.6) is 0 Å². The molecule has 1 heterocycles. The van der Waals surface area contributed by atoms with Gasteiger partial charge in [-0.15, -0.1) is 0 Å². The fourth-order valence-electron chi connectivity index (χ4n) is 5.39. The number of hydrogen-bond donors (Lipinski definition) is 1. The van der Waals surface area contributed by atoms with Crippen molar-refractivity contribution in [1.29, 1.82) is 0 Å². The highest BCUT2D eigenvalue weighted by Crippen LogP contribution is 2.42. The Hall–Kier alpha value is -2.88. The van der Waals surface area contributed by atoms with E-state index in [2.05, 4.69) is 53.6 Å². The Morgan fingerprint density at radius 2 is 1.94 bits per heavy atom. The molecule has 0 radical (unpaired) electrons. The van der Waals surface area contributed by atoms with Gasteiger partial charge in [0.2, 0.25) is 0 Å². The molecule has 2 N–H and O–H groups in total. The van der Waals surface area contributed by atoms with Gasteiger partial charge in [0.1, 0.15) is 17.4 Å². The van der Waals surface area contributed by atoms with Crippen molar-refractivity contribution in [3.05, 3.63) is 70.8 Å². The van der Waals surface area contributed by atoms with Crippen LogP contribution < -0.4 is 5.73 Å². The molecule has 166 valence electrons. The lowest BCUT2D eigenvalue weighted by atomic mass is 9.78. The van der Waals surface area contributed by atoms with Crippen molar-refractivity contribution < 1.29 is 4.42 Å². The predicted octanol–water partition coefficient (Wildman–Crippen LogP) is 6.20. The second-order valence-electron chi connectivity index (χ2n) is 9.21. The topological polar surface area (TPSA) is 63.9 Å². The third kappa shape index (κ3) is 4.11. The maximum Gasteiger partial charge on any atom is 0.157 e. The van der Waals surface area contributed by atoms with E-state index in [-0.39, 0.29) is 0 Å². The van der Waals surface area contributed by atoms with Crippen molar-refractivity contribution in [2.75, 3.05) is 7.05 Å². The zero-order valence-corrected chi connectivity index (χ0v) is 19.0. The van der Waals surface area contributed by atoms with Gasteiger partial charge in [-0.1, -0.05) is 55.0 Å². The number of hydrogen-bond acceptors (Lipinski definition) is 2. The van der Waals surface area contributed by atoms with E-state index in [0.29, 0.717) is 23.5 Å². The summed E-state index contributed by atoms with van der Waals surface area (Å²) in [7, 11) is 1.82. The number of fused-ring (bicyclic) bond motifs is 3. The van der Waals surface area contributed by atoms with Crippen LogP contribution in [0.3, 0.4) is 0 Å². The molecule has 0 aromatic carbocycles. The second kappa shape index (κ2) is 9.32. The first-order valence-corrected chi connectivity index (χ1v) is 12.1. The van der Waals surface area contributed by atoms with Crippen LogP contribution in [0.25, 0.3) is 11.6 Å². The van der Waals surface area contributed by atoms with Crippen LogP contribution >= 0.6 is 0 Å². The highest BCUT2D eigenvalue weighted by Gasteiger charge is 2.33. The van der Waals surface area contributed by atoms with Crippen molar-refractivity contribution >= 4 is 23.3 Å². The summed E-state index contributed by atoms with van der Waals surface area (Å²) < 4.78 is 6.46. The summed E-state index contributed by atoms with van der Waals surface area (Å²) in [6, 6.07) is 0. The van der Waals surface area contributed by atoms with Gasteiger partial charge >= 0.3 is 0 Å². The van der Waals surface area contributed by atoms with E-state index >= 15 is 0 Å². The van der Waals surface area contributed by atoms with E-state index in [1.165, 1.54) is 36.8 Å². The van der Waals surface area contributed by atoms with E-state index in [0.717, 1.165) is 54.8 Å². The van der Waals surface area contributed by atoms with Crippen molar-refractivity contribution in [1.82, 2.24) is 0 Å². The number of allylic oxidation sites excluding steroid dienone is 7. The molecule has 4 aliphatic rings. The quantitative estimate of drug-likeness (QED) is 0.354. The lowest BCUT2D eigenvalue weighted by Gasteiger charge is -2.26. The summed E-state index contributed by atoms with van der Waals surface area (Å²) in [5, 5.41) is 0. The molecule has 0 saturated heterocycles. The summed E-state index contributed by atoms with van der Waals surface area (Å²) in [5.74, 6) is 4.41. The molecule has 32 heavy (non-hydrogen) atoms. The Morgan fingerprint density at radius 3 is 2.78 bits per heavy atom. The molecule has 4 aliphatic carbocycles. The van der Waals surface area contributed by atoms with Gasteiger partial charge in [-0.25, -0.2) is 4.99 Å². The number of aliphatic imine (C=N–C) groups is 2. The van der Waals surface area contributed by atoms with E-state index < -0.39 is 0 Å².